The number of hydrogen-bond donors (Lipinski definition) is 0. The number of Topliss-reactive ketones (excluding diaryl/α,β-unsaturated/α-hetero) is 1. The Balaban J connectivity index is 2.34. The molecular formula is C14H18N2O4. The summed E-state index contributed by atoms with van der Waals surface area (Å²) in [6.07, 6.45) is 1.71. The highest BCUT2D eigenvalue weighted by Crippen LogP contribution is 2.34. The van der Waals surface area contributed by atoms with Crippen molar-refractivity contribution in [3.8, 4) is 5.75 Å². The van der Waals surface area contributed by atoms with Gasteiger partial charge in [-0.15, -0.1) is 0 Å². The van der Waals surface area contributed by atoms with E-state index in [1.54, 1.807) is 19.1 Å². The summed E-state index contributed by atoms with van der Waals surface area (Å²) in [5.41, 5.74) is 0.579. The number of ether oxygens (including phenoxy) is 1. The van der Waals surface area contributed by atoms with Crippen molar-refractivity contribution in [2.45, 2.75) is 19.8 Å². The van der Waals surface area contributed by atoms with Crippen LogP contribution in [-0.4, -0.2) is 30.9 Å². The largest absolute Gasteiger partial charge is 0.497 e. The summed E-state index contributed by atoms with van der Waals surface area (Å²) in [4.78, 5) is 24.2. The average molecular weight is 278 g/mol. The van der Waals surface area contributed by atoms with E-state index in [-0.39, 0.29) is 17.4 Å². The van der Waals surface area contributed by atoms with Crippen molar-refractivity contribution >= 4 is 17.2 Å². The molecule has 6 nitrogen and oxygen atoms in total. The third-order valence-corrected chi connectivity index (χ3v) is 3.72. The highest BCUT2D eigenvalue weighted by molar-refractivity contribution is 5.79. The van der Waals surface area contributed by atoms with Crippen LogP contribution < -0.4 is 9.64 Å². The minimum Gasteiger partial charge on any atom is -0.497 e. The van der Waals surface area contributed by atoms with E-state index < -0.39 is 4.92 Å². The number of nitrogens with zero attached hydrogens (tertiary/aromatic N) is 2. The smallest absolute Gasteiger partial charge is 0.292 e. The van der Waals surface area contributed by atoms with Crippen molar-refractivity contribution in [2.75, 3.05) is 25.1 Å². The zero-order chi connectivity index (χ0) is 14.7. The quantitative estimate of drug-likeness (QED) is 0.624. The number of methoxy groups -OCH3 is 1. The number of hydrogen-bond acceptors (Lipinski definition) is 5. The summed E-state index contributed by atoms with van der Waals surface area (Å²) in [5, 5.41) is 11.2. The SMILES string of the molecule is COc1ccc([N+](=O)[O-])c(N2CCCC(C(C)=O)C2)c1. The first-order valence-electron chi connectivity index (χ1n) is 6.60. The third kappa shape index (κ3) is 2.89. The van der Waals surface area contributed by atoms with Crippen molar-refractivity contribution in [3.63, 3.8) is 0 Å². The highest BCUT2D eigenvalue weighted by Gasteiger charge is 2.27. The second-order valence-electron chi connectivity index (χ2n) is 5.01. The molecule has 1 heterocycles. The number of carbonyl (C=O) groups is 1. The van der Waals surface area contributed by atoms with E-state index in [9.17, 15) is 14.9 Å². The molecule has 1 atom stereocenters. The van der Waals surface area contributed by atoms with Crippen LogP contribution in [0, 0.1) is 16.0 Å². The molecule has 0 N–H and O–H groups in total. The standard InChI is InChI=1S/C14H18N2O4/c1-10(17)11-4-3-7-15(9-11)14-8-12(20-2)5-6-13(14)16(18)19/h5-6,8,11H,3-4,7,9H2,1-2H3. The van der Waals surface area contributed by atoms with Gasteiger partial charge in [0.1, 0.15) is 17.2 Å². The van der Waals surface area contributed by atoms with E-state index in [0.717, 1.165) is 19.4 Å². The molecular weight excluding hydrogens is 260 g/mol. The predicted octanol–water partition coefficient (Wildman–Crippen LogP) is 2.41. The van der Waals surface area contributed by atoms with Crippen molar-refractivity contribution in [3.05, 3.63) is 28.3 Å². The Labute approximate surface area is 117 Å². The van der Waals surface area contributed by atoms with E-state index in [0.29, 0.717) is 18.0 Å². The van der Waals surface area contributed by atoms with Gasteiger partial charge in [0.2, 0.25) is 0 Å². The fourth-order valence-corrected chi connectivity index (χ4v) is 2.57. The molecule has 0 radical (unpaired) electrons. The molecule has 0 spiro atoms. The lowest BCUT2D eigenvalue weighted by Gasteiger charge is -2.33. The zero-order valence-electron chi connectivity index (χ0n) is 11.7. The molecule has 0 bridgehead atoms. The van der Waals surface area contributed by atoms with Gasteiger partial charge in [-0.3, -0.25) is 14.9 Å². The number of nitro groups is 1. The third-order valence-electron chi connectivity index (χ3n) is 3.72. The first-order chi connectivity index (χ1) is 9.52. The van der Waals surface area contributed by atoms with E-state index >= 15 is 0 Å². The lowest BCUT2D eigenvalue weighted by molar-refractivity contribution is -0.384. The van der Waals surface area contributed by atoms with Crippen LogP contribution in [0.4, 0.5) is 11.4 Å². The molecule has 0 amide bonds. The Hall–Kier alpha value is -2.11. The minimum atomic E-state index is -0.397. The van der Waals surface area contributed by atoms with Gasteiger partial charge in [0.05, 0.1) is 12.0 Å². The molecule has 1 aromatic carbocycles. The summed E-state index contributed by atoms with van der Waals surface area (Å²) in [6.45, 7) is 2.83. The average Bonchev–Trinajstić information content (AvgIpc) is 2.46. The van der Waals surface area contributed by atoms with Crippen LogP contribution in [0.2, 0.25) is 0 Å². The summed E-state index contributed by atoms with van der Waals surface area (Å²) in [7, 11) is 1.53. The molecule has 1 unspecified atom stereocenters. The first-order valence-corrected chi connectivity index (χ1v) is 6.60. The van der Waals surface area contributed by atoms with Gasteiger partial charge in [0, 0.05) is 31.1 Å². The molecule has 20 heavy (non-hydrogen) atoms. The van der Waals surface area contributed by atoms with Gasteiger partial charge < -0.3 is 9.64 Å². The van der Waals surface area contributed by atoms with Crippen molar-refractivity contribution in [2.24, 2.45) is 5.92 Å². The number of piperidine rings is 1. The number of rotatable bonds is 4. The van der Waals surface area contributed by atoms with Gasteiger partial charge in [-0.25, -0.2) is 0 Å². The lowest BCUT2D eigenvalue weighted by atomic mass is 9.94. The summed E-state index contributed by atoms with van der Waals surface area (Å²) in [6, 6.07) is 4.69. The number of carbonyl (C=O) groups excluding carboxylic acids is 1. The van der Waals surface area contributed by atoms with E-state index in [4.69, 9.17) is 4.74 Å². The Morgan fingerprint density at radius 1 is 1.50 bits per heavy atom. The molecule has 108 valence electrons. The molecule has 2 rings (SSSR count). The molecule has 1 aromatic rings. The van der Waals surface area contributed by atoms with Crippen LogP contribution in [0.25, 0.3) is 0 Å². The maximum atomic E-state index is 11.5. The van der Waals surface area contributed by atoms with Crippen LogP contribution >= 0.6 is 0 Å². The van der Waals surface area contributed by atoms with Gasteiger partial charge >= 0.3 is 0 Å². The second kappa shape index (κ2) is 5.90. The van der Waals surface area contributed by atoms with Gasteiger partial charge in [0.25, 0.3) is 5.69 Å². The molecule has 1 fully saturated rings. The van der Waals surface area contributed by atoms with Crippen LogP contribution in [0.3, 0.4) is 0 Å². The van der Waals surface area contributed by atoms with Gasteiger partial charge in [-0.05, 0) is 25.8 Å². The topological polar surface area (TPSA) is 72.7 Å². The normalized spacial score (nSPS) is 18.7. The molecule has 0 aliphatic carbocycles. The zero-order valence-corrected chi connectivity index (χ0v) is 11.7. The molecule has 0 saturated carbocycles. The fourth-order valence-electron chi connectivity index (χ4n) is 2.57. The number of anilines is 1. The predicted molar refractivity (Wildman–Crippen MR) is 75.3 cm³/mol. The lowest BCUT2D eigenvalue weighted by Crippen LogP contribution is -2.38. The van der Waals surface area contributed by atoms with E-state index in [1.165, 1.54) is 13.2 Å². The Kier molecular flexibility index (Phi) is 4.22. The Morgan fingerprint density at radius 3 is 2.85 bits per heavy atom. The number of nitro benzene ring substituents is 1. The van der Waals surface area contributed by atoms with Crippen LogP contribution in [0.15, 0.2) is 18.2 Å². The second-order valence-corrected chi connectivity index (χ2v) is 5.01. The van der Waals surface area contributed by atoms with Crippen LogP contribution in [0.1, 0.15) is 19.8 Å². The molecule has 0 aromatic heterocycles. The number of benzene rings is 1. The van der Waals surface area contributed by atoms with Gasteiger partial charge in [-0.1, -0.05) is 0 Å². The van der Waals surface area contributed by atoms with Crippen LogP contribution in [0.5, 0.6) is 5.75 Å². The Morgan fingerprint density at radius 2 is 2.25 bits per heavy atom. The summed E-state index contributed by atoms with van der Waals surface area (Å²) in [5.74, 6) is 0.672. The minimum absolute atomic E-state index is 0.0467. The first kappa shape index (κ1) is 14.3. The maximum absolute atomic E-state index is 11.5. The molecule has 1 aliphatic heterocycles. The highest BCUT2D eigenvalue weighted by atomic mass is 16.6. The van der Waals surface area contributed by atoms with E-state index in [1.807, 2.05) is 4.90 Å². The van der Waals surface area contributed by atoms with E-state index in [2.05, 4.69) is 0 Å². The summed E-state index contributed by atoms with van der Waals surface area (Å²) < 4.78 is 5.14. The molecule has 6 heteroatoms. The van der Waals surface area contributed by atoms with Gasteiger partial charge in [-0.2, -0.15) is 0 Å². The Bertz CT molecular complexity index is 530. The van der Waals surface area contributed by atoms with Crippen molar-refractivity contribution in [1.29, 1.82) is 0 Å². The van der Waals surface area contributed by atoms with Gasteiger partial charge in [0.15, 0.2) is 0 Å². The fraction of sp³-hybridized carbons (Fsp3) is 0.500. The molecule has 1 saturated heterocycles. The monoisotopic (exact) mass is 278 g/mol. The molecule has 1 aliphatic rings. The number of ketones is 1. The summed E-state index contributed by atoms with van der Waals surface area (Å²) >= 11 is 0. The van der Waals surface area contributed by atoms with Crippen LogP contribution in [-0.2, 0) is 4.79 Å². The van der Waals surface area contributed by atoms with Crippen molar-refractivity contribution < 1.29 is 14.5 Å². The van der Waals surface area contributed by atoms with Crippen molar-refractivity contribution in [1.82, 2.24) is 0 Å². The maximum Gasteiger partial charge on any atom is 0.292 e.